The number of fused-ring (bicyclic) bond motifs is 1. The molecule has 1 atom stereocenters. The van der Waals surface area contributed by atoms with Crippen molar-refractivity contribution in [1.29, 1.82) is 0 Å². The third kappa shape index (κ3) is 10.4. The number of pyridine rings is 1. The number of piperazine rings is 1. The monoisotopic (exact) mass is 985 g/mol. The van der Waals surface area contributed by atoms with Crippen molar-refractivity contribution in [3.8, 4) is 5.75 Å². The van der Waals surface area contributed by atoms with E-state index in [1.54, 1.807) is 26.6 Å². The number of anilines is 5. The van der Waals surface area contributed by atoms with Crippen LogP contribution in [0.1, 0.15) is 80.7 Å². The van der Waals surface area contributed by atoms with Crippen LogP contribution >= 0.6 is 23.1 Å². The molecule has 8 rings (SSSR count). The van der Waals surface area contributed by atoms with Gasteiger partial charge in [0.25, 0.3) is 0 Å². The van der Waals surface area contributed by atoms with Crippen molar-refractivity contribution in [3.05, 3.63) is 93.2 Å². The van der Waals surface area contributed by atoms with Crippen molar-refractivity contribution in [3.63, 3.8) is 0 Å². The summed E-state index contributed by atoms with van der Waals surface area (Å²) in [6.07, 6.45) is 5.24. The summed E-state index contributed by atoms with van der Waals surface area (Å²) in [6, 6.07) is 15.3. The van der Waals surface area contributed by atoms with Gasteiger partial charge in [-0.2, -0.15) is 4.98 Å². The van der Waals surface area contributed by atoms with Crippen molar-refractivity contribution < 1.29 is 27.7 Å². The number of imide groups is 1. The van der Waals surface area contributed by atoms with Crippen LogP contribution in [0.15, 0.2) is 59.2 Å². The second-order valence-corrected chi connectivity index (χ2v) is 22.3. The van der Waals surface area contributed by atoms with Crippen molar-refractivity contribution in [1.82, 2.24) is 30.1 Å². The number of amides is 2. The number of hydrogen-bond acceptors (Lipinski definition) is 12. The molecule has 66 heavy (non-hydrogen) atoms. The maximum atomic E-state index is 15.1. The van der Waals surface area contributed by atoms with Gasteiger partial charge in [0.2, 0.25) is 17.8 Å². The fourth-order valence-electron chi connectivity index (χ4n) is 9.62. The Morgan fingerprint density at radius 3 is 2.30 bits per heavy atom. The van der Waals surface area contributed by atoms with Crippen molar-refractivity contribution >= 4 is 79.9 Å². The van der Waals surface area contributed by atoms with Crippen molar-refractivity contribution in [2.75, 3.05) is 81.8 Å². The highest BCUT2D eigenvalue weighted by atomic mass is 79.9. The van der Waals surface area contributed by atoms with Gasteiger partial charge in [0, 0.05) is 98.2 Å². The molecule has 0 bridgehead atoms. The van der Waals surface area contributed by atoms with Gasteiger partial charge in [-0.15, -0.1) is 0 Å². The van der Waals surface area contributed by atoms with Crippen LogP contribution in [0.25, 0.3) is 10.9 Å². The first-order valence-electron chi connectivity index (χ1n) is 22.9. The third-order valence-electron chi connectivity index (χ3n) is 13.2. The molecule has 3 fully saturated rings. The number of methoxy groups -OCH3 is 1. The zero-order chi connectivity index (χ0) is 46.9. The van der Waals surface area contributed by atoms with E-state index in [9.17, 15) is 14.2 Å². The smallest absolute Gasteiger partial charge is 0.234 e. The van der Waals surface area contributed by atoms with Gasteiger partial charge in [0.05, 0.1) is 34.4 Å². The first kappa shape index (κ1) is 47.5. The number of halogens is 3. The number of nitrogens with zero attached hydrogens (tertiary/aromatic N) is 6. The van der Waals surface area contributed by atoms with Crippen LogP contribution in [0.5, 0.6) is 5.75 Å². The number of carbonyl (C=O) groups excluding carboxylic acids is 2. The number of aryl methyl sites for hydroxylation is 1. The summed E-state index contributed by atoms with van der Waals surface area (Å²) in [4.78, 5) is 45.5. The van der Waals surface area contributed by atoms with Crippen molar-refractivity contribution in [2.24, 2.45) is 0 Å². The van der Waals surface area contributed by atoms with E-state index >= 15 is 8.78 Å². The van der Waals surface area contributed by atoms with E-state index in [-0.39, 0.29) is 24.3 Å². The van der Waals surface area contributed by atoms with Crippen LogP contribution < -0.4 is 30.9 Å². The average Bonchev–Trinajstić information content (AvgIpc) is 3.29. The highest BCUT2D eigenvalue weighted by Crippen LogP contribution is 2.43. The maximum Gasteiger partial charge on any atom is 0.234 e. The number of benzene rings is 3. The summed E-state index contributed by atoms with van der Waals surface area (Å²) in [5.74, 6) is -1.67. The quantitative estimate of drug-likeness (QED) is 0.0723. The minimum absolute atomic E-state index is 0.0642. The SMILES string of the molecule is CCc1cc(Nc2ncc(Br)c(Nc3ccc4nc(C(C)C)ccc4c3P(C)(C)=O)n2)c(OC)cc1N1CCC(N2CCN(CCc3cc(F)c(C4CCC(=O)NC4=O)c(F)c3)CC2)CC1. The fraction of sp³-hybridized carbons (Fsp3) is 0.449. The van der Waals surface area contributed by atoms with E-state index in [2.05, 4.69) is 84.5 Å². The van der Waals surface area contributed by atoms with Crippen LogP contribution in [0.2, 0.25) is 0 Å². The van der Waals surface area contributed by atoms with Crippen LogP contribution in [0.3, 0.4) is 0 Å². The molecule has 0 aliphatic carbocycles. The molecular weight excluding hydrogens is 927 g/mol. The molecule has 0 radical (unpaired) electrons. The normalized spacial score (nSPS) is 18.0. The number of piperidine rings is 2. The zero-order valence-corrected chi connectivity index (χ0v) is 41.0. The predicted octanol–water partition coefficient (Wildman–Crippen LogP) is 8.84. The van der Waals surface area contributed by atoms with Gasteiger partial charge in [-0.25, -0.2) is 13.8 Å². The van der Waals surface area contributed by atoms with Crippen molar-refractivity contribution in [2.45, 2.75) is 77.2 Å². The average molecular weight is 987 g/mol. The molecule has 5 heterocycles. The lowest BCUT2D eigenvalue weighted by atomic mass is 9.89. The van der Waals surface area contributed by atoms with E-state index in [1.165, 1.54) is 17.7 Å². The standard InChI is InChI=1S/C49H59BrF2N9O4P/c1-7-31-26-41(56-49-53-28-35(50)47(58-49)55-40-12-11-39-33(46(40)66(5,6)64)8-10-38(54-39)29(2)3)43(65-4)27-42(31)61-18-15-32(16-19-61)60-22-20-59(21-23-60)17-14-30-24-36(51)45(37(52)25-30)34-9-13-44(62)57-48(34)63/h8,10-12,24-29,32,34H,7,9,13-23H2,1-6H3,(H,57,62,63)(H2,53,55,56,58). The minimum atomic E-state index is -2.76. The predicted molar refractivity (Wildman–Crippen MR) is 262 cm³/mol. The Labute approximate surface area is 394 Å². The molecule has 350 valence electrons. The Bertz CT molecular complexity index is 2660. The molecule has 2 amide bonds. The first-order valence-corrected chi connectivity index (χ1v) is 26.3. The summed E-state index contributed by atoms with van der Waals surface area (Å²) < 4.78 is 50.6. The highest BCUT2D eigenvalue weighted by Gasteiger charge is 2.33. The number of rotatable bonds is 14. The van der Waals surface area contributed by atoms with E-state index < -0.39 is 36.5 Å². The van der Waals surface area contributed by atoms with E-state index in [1.807, 2.05) is 24.3 Å². The van der Waals surface area contributed by atoms with Gasteiger partial charge in [-0.05, 0) is 115 Å². The lowest BCUT2D eigenvalue weighted by Gasteiger charge is -2.43. The third-order valence-corrected chi connectivity index (χ3v) is 15.3. The largest absolute Gasteiger partial charge is 0.494 e. The summed E-state index contributed by atoms with van der Waals surface area (Å²) in [6.45, 7) is 16.1. The molecule has 3 aliphatic rings. The summed E-state index contributed by atoms with van der Waals surface area (Å²) in [5, 5.41) is 10.6. The Morgan fingerprint density at radius 1 is 0.924 bits per heavy atom. The lowest BCUT2D eigenvalue weighted by Crippen LogP contribution is -2.53. The van der Waals surface area contributed by atoms with Crippen LogP contribution in [0.4, 0.5) is 37.6 Å². The molecule has 17 heteroatoms. The van der Waals surface area contributed by atoms with Crippen LogP contribution in [0, 0.1) is 11.6 Å². The van der Waals surface area contributed by atoms with E-state index in [4.69, 9.17) is 14.7 Å². The molecule has 13 nitrogen and oxygen atoms in total. The Balaban J connectivity index is 0.877. The summed E-state index contributed by atoms with van der Waals surface area (Å²) >= 11 is 3.62. The zero-order valence-electron chi connectivity index (χ0n) is 38.5. The van der Waals surface area contributed by atoms with Gasteiger partial charge in [0.15, 0.2) is 0 Å². The van der Waals surface area contributed by atoms with Crippen LogP contribution in [-0.2, 0) is 27.0 Å². The fourth-order valence-corrected chi connectivity index (χ4v) is 11.4. The van der Waals surface area contributed by atoms with E-state index in [0.717, 1.165) is 91.8 Å². The molecule has 3 aromatic carbocycles. The molecule has 0 spiro atoms. The summed E-state index contributed by atoms with van der Waals surface area (Å²) in [7, 11) is -1.09. The van der Waals surface area contributed by atoms with Crippen LogP contribution in [-0.4, -0.2) is 109 Å². The maximum absolute atomic E-state index is 15.1. The molecule has 3 saturated heterocycles. The first-order chi connectivity index (χ1) is 31.6. The number of ether oxygens (including phenoxy) is 1. The molecule has 0 saturated carbocycles. The van der Waals surface area contributed by atoms with Gasteiger partial charge >= 0.3 is 0 Å². The second-order valence-electron chi connectivity index (χ2n) is 18.3. The number of carbonyl (C=O) groups is 2. The molecule has 1 unspecified atom stereocenters. The molecular formula is C49H59BrF2N9O4P. The molecule has 2 aromatic heterocycles. The highest BCUT2D eigenvalue weighted by molar-refractivity contribution is 9.10. The number of aromatic nitrogens is 3. The number of hydrogen-bond donors (Lipinski definition) is 3. The van der Waals surface area contributed by atoms with Gasteiger partial charge < -0.3 is 29.7 Å². The topological polar surface area (TPSA) is 145 Å². The molecule has 3 aliphatic heterocycles. The minimum Gasteiger partial charge on any atom is -0.494 e. The van der Waals surface area contributed by atoms with E-state index in [0.29, 0.717) is 52.2 Å². The van der Waals surface area contributed by atoms with Gasteiger partial charge in [-0.3, -0.25) is 24.8 Å². The Morgan fingerprint density at radius 2 is 1.65 bits per heavy atom. The molecule has 3 N–H and O–H groups in total. The Kier molecular flexibility index (Phi) is 14.4. The lowest BCUT2D eigenvalue weighted by molar-refractivity contribution is -0.134. The van der Waals surface area contributed by atoms with Gasteiger partial charge in [0.1, 0.15) is 30.3 Å². The molecule has 5 aromatic rings. The second kappa shape index (κ2) is 20.1. The Hall–Kier alpha value is -5.02. The van der Waals surface area contributed by atoms with Gasteiger partial charge in [-0.1, -0.05) is 26.8 Å². The summed E-state index contributed by atoms with van der Waals surface area (Å²) in [5.41, 5.74) is 5.89. The number of nitrogens with one attached hydrogen (secondary N) is 3.